The van der Waals surface area contributed by atoms with Gasteiger partial charge in [0.05, 0.1) is 23.1 Å². The molecule has 0 aliphatic carbocycles. The number of hydrazone groups is 1. The molecule has 2 aromatic rings. The molecule has 0 aliphatic heterocycles. The van der Waals surface area contributed by atoms with E-state index in [-0.39, 0.29) is 16.2 Å². The van der Waals surface area contributed by atoms with Crippen molar-refractivity contribution in [1.29, 1.82) is 0 Å². The highest BCUT2D eigenvalue weighted by Crippen LogP contribution is 2.36. The van der Waals surface area contributed by atoms with Crippen LogP contribution < -0.4 is 9.57 Å². The number of nitro benzene ring substituents is 1. The van der Waals surface area contributed by atoms with Gasteiger partial charge in [-0.25, -0.2) is 4.83 Å². The lowest BCUT2D eigenvalue weighted by Crippen LogP contribution is -2.19. The van der Waals surface area contributed by atoms with Crippen molar-refractivity contribution in [1.82, 2.24) is 4.83 Å². The molecular weight excluding hydrogens is 362 g/mol. The largest absolute Gasteiger partial charge is 0.500 e. The van der Waals surface area contributed by atoms with Crippen molar-refractivity contribution >= 4 is 21.9 Å². The summed E-state index contributed by atoms with van der Waals surface area (Å²) in [6, 6.07) is 7.20. The van der Waals surface area contributed by atoms with Crippen LogP contribution in [0.1, 0.15) is 16.7 Å². The van der Waals surface area contributed by atoms with E-state index in [1.807, 2.05) is 6.92 Å². The van der Waals surface area contributed by atoms with E-state index in [1.54, 1.807) is 19.1 Å². The molecule has 138 valence electrons. The average Bonchev–Trinajstić information content (AvgIpc) is 2.55. The number of hydrogen-bond acceptors (Lipinski definition) is 7. The van der Waals surface area contributed by atoms with Gasteiger partial charge in [-0.3, -0.25) is 10.1 Å². The van der Waals surface area contributed by atoms with Gasteiger partial charge in [0.25, 0.3) is 10.0 Å². The van der Waals surface area contributed by atoms with Gasteiger partial charge >= 0.3 is 5.69 Å². The van der Waals surface area contributed by atoms with E-state index in [0.717, 1.165) is 17.8 Å². The van der Waals surface area contributed by atoms with E-state index in [0.29, 0.717) is 5.56 Å². The minimum absolute atomic E-state index is 0.0783. The van der Waals surface area contributed by atoms with Crippen LogP contribution in [0.3, 0.4) is 0 Å². The van der Waals surface area contributed by atoms with Crippen LogP contribution in [0.25, 0.3) is 0 Å². The Morgan fingerprint density at radius 1 is 1.27 bits per heavy atom. The third-order valence-electron chi connectivity index (χ3n) is 3.50. The second kappa shape index (κ2) is 7.40. The highest BCUT2D eigenvalue weighted by atomic mass is 32.2. The number of rotatable bonds is 6. The Morgan fingerprint density at radius 2 is 1.96 bits per heavy atom. The first-order valence-corrected chi connectivity index (χ1v) is 8.81. The number of nitro groups is 1. The van der Waals surface area contributed by atoms with Crippen molar-refractivity contribution in [3.63, 3.8) is 0 Å². The summed E-state index contributed by atoms with van der Waals surface area (Å²) in [7, 11) is -2.65. The van der Waals surface area contributed by atoms with Crippen LogP contribution in [0.5, 0.6) is 11.5 Å². The Morgan fingerprint density at radius 3 is 2.54 bits per heavy atom. The molecule has 0 radical (unpaired) electrons. The lowest BCUT2D eigenvalue weighted by atomic mass is 10.2. The molecule has 0 aromatic heterocycles. The molecular formula is C16H17N3O6S. The highest BCUT2D eigenvalue weighted by molar-refractivity contribution is 7.89. The standard InChI is InChI=1S/C16H17N3O6S/c1-10-4-5-15(11(2)6-10)26(23,24)18-17-9-12-7-13(19(21)22)16(20)14(8-12)25-3/h4-9,18,20H,1-3H3/b17-9+. The minimum Gasteiger partial charge on any atom is -0.500 e. The normalized spacial score (nSPS) is 11.5. The molecule has 2 rings (SSSR count). The van der Waals surface area contributed by atoms with Gasteiger partial charge in [0, 0.05) is 11.6 Å². The summed E-state index contributed by atoms with van der Waals surface area (Å²) >= 11 is 0. The van der Waals surface area contributed by atoms with Crippen LogP contribution in [0.2, 0.25) is 0 Å². The van der Waals surface area contributed by atoms with E-state index in [2.05, 4.69) is 9.93 Å². The van der Waals surface area contributed by atoms with Crippen LogP contribution in [0, 0.1) is 24.0 Å². The third kappa shape index (κ3) is 4.09. The summed E-state index contributed by atoms with van der Waals surface area (Å²) in [6.07, 6.45) is 1.08. The van der Waals surface area contributed by atoms with Crippen molar-refractivity contribution in [2.45, 2.75) is 18.7 Å². The number of aromatic hydroxyl groups is 1. The van der Waals surface area contributed by atoms with Gasteiger partial charge in [-0.05, 0) is 31.5 Å². The fraction of sp³-hybridized carbons (Fsp3) is 0.188. The third-order valence-corrected chi connectivity index (χ3v) is 4.88. The quantitative estimate of drug-likeness (QED) is 0.449. The molecule has 0 spiro atoms. The predicted octanol–water partition coefficient (Wildman–Crippen LogP) is 2.24. The number of methoxy groups -OCH3 is 1. The van der Waals surface area contributed by atoms with Crippen molar-refractivity contribution in [2.75, 3.05) is 7.11 Å². The molecule has 0 saturated carbocycles. The summed E-state index contributed by atoms with van der Waals surface area (Å²) < 4.78 is 29.5. The van der Waals surface area contributed by atoms with Crippen LogP contribution in [-0.2, 0) is 10.0 Å². The molecule has 26 heavy (non-hydrogen) atoms. The van der Waals surface area contributed by atoms with Crippen molar-refractivity contribution in [2.24, 2.45) is 5.10 Å². The van der Waals surface area contributed by atoms with Crippen molar-refractivity contribution in [3.05, 3.63) is 57.1 Å². The zero-order chi connectivity index (χ0) is 19.5. The number of hydrogen-bond donors (Lipinski definition) is 2. The van der Waals surface area contributed by atoms with Crippen LogP contribution in [0.4, 0.5) is 5.69 Å². The van der Waals surface area contributed by atoms with Gasteiger partial charge in [-0.2, -0.15) is 13.5 Å². The van der Waals surface area contributed by atoms with E-state index in [9.17, 15) is 23.6 Å². The van der Waals surface area contributed by atoms with Gasteiger partial charge in [0.15, 0.2) is 5.75 Å². The summed E-state index contributed by atoms with van der Waals surface area (Å²) in [6.45, 7) is 3.51. The van der Waals surface area contributed by atoms with Crippen LogP contribution >= 0.6 is 0 Å². The van der Waals surface area contributed by atoms with Gasteiger partial charge in [0.2, 0.25) is 5.75 Å². The maximum Gasteiger partial charge on any atom is 0.315 e. The monoisotopic (exact) mass is 379 g/mol. The summed E-state index contributed by atoms with van der Waals surface area (Å²) in [4.78, 5) is 12.3. The Bertz CT molecular complexity index is 986. The minimum atomic E-state index is -3.89. The summed E-state index contributed by atoms with van der Waals surface area (Å²) in [5.41, 5.74) is 1.08. The van der Waals surface area contributed by atoms with Crippen LogP contribution in [0.15, 0.2) is 40.3 Å². The number of nitrogens with one attached hydrogen (secondary N) is 1. The fourth-order valence-corrected chi connectivity index (χ4v) is 3.32. The summed E-state index contributed by atoms with van der Waals surface area (Å²) in [5, 5.41) is 24.3. The zero-order valence-electron chi connectivity index (χ0n) is 14.3. The lowest BCUT2D eigenvalue weighted by Gasteiger charge is -2.08. The van der Waals surface area contributed by atoms with Gasteiger partial charge in [0.1, 0.15) is 0 Å². The Kier molecular flexibility index (Phi) is 5.46. The maximum absolute atomic E-state index is 12.3. The molecule has 0 unspecified atom stereocenters. The smallest absolute Gasteiger partial charge is 0.315 e. The number of ether oxygens (including phenoxy) is 1. The van der Waals surface area contributed by atoms with Gasteiger partial charge in [-0.1, -0.05) is 17.7 Å². The number of sulfonamides is 1. The molecule has 0 atom stereocenters. The first-order valence-electron chi connectivity index (χ1n) is 7.33. The van der Waals surface area contributed by atoms with E-state index in [1.165, 1.54) is 19.2 Å². The number of phenolic OH excluding ortho intramolecular Hbond substituents is 1. The second-order valence-corrected chi connectivity index (χ2v) is 7.10. The predicted molar refractivity (Wildman–Crippen MR) is 95.1 cm³/mol. The average molecular weight is 379 g/mol. The summed E-state index contributed by atoms with van der Waals surface area (Å²) in [5.74, 6) is -0.747. The van der Waals surface area contributed by atoms with E-state index >= 15 is 0 Å². The highest BCUT2D eigenvalue weighted by Gasteiger charge is 2.20. The Balaban J connectivity index is 2.30. The number of phenols is 1. The molecule has 0 bridgehead atoms. The number of nitrogens with zero attached hydrogens (tertiary/aromatic N) is 2. The molecule has 2 N–H and O–H groups in total. The molecule has 0 amide bonds. The Hall–Kier alpha value is -3.14. The maximum atomic E-state index is 12.3. The molecule has 0 heterocycles. The van der Waals surface area contributed by atoms with Gasteiger partial charge < -0.3 is 9.84 Å². The molecule has 0 fully saturated rings. The molecule has 0 aliphatic rings. The van der Waals surface area contributed by atoms with Gasteiger partial charge in [-0.15, -0.1) is 0 Å². The SMILES string of the molecule is COc1cc(/C=N/NS(=O)(=O)c2ccc(C)cc2C)cc([N+](=O)[O-])c1O. The first kappa shape index (κ1) is 19.2. The topological polar surface area (TPSA) is 131 Å². The zero-order valence-corrected chi connectivity index (χ0v) is 15.1. The number of aryl methyl sites for hydroxylation is 2. The fourth-order valence-electron chi connectivity index (χ4n) is 2.30. The number of benzene rings is 2. The van der Waals surface area contributed by atoms with E-state index < -0.39 is 26.4 Å². The molecule has 0 saturated heterocycles. The first-order chi connectivity index (χ1) is 12.2. The second-order valence-electron chi connectivity index (χ2n) is 5.47. The van der Waals surface area contributed by atoms with Crippen molar-refractivity contribution in [3.8, 4) is 11.5 Å². The molecule has 9 nitrogen and oxygen atoms in total. The Labute approximate surface area is 150 Å². The van der Waals surface area contributed by atoms with E-state index in [4.69, 9.17) is 4.74 Å². The molecule has 2 aromatic carbocycles. The lowest BCUT2D eigenvalue weighted by molar-refractivity contribution is -0.386. The van der Waals surface area contributed by atoms with Crippen LogP contribution in [-0.4, -0.2) is 31.8 Å². The molecule has 10 heteroatoms. The van der Waals surface area contributed by atoms with Crippen molar-refractivity contribution < 1.29 is 23.2 Å².